The molecule has 0 radical (unpaired) electrons. The normalized spacial score (nSPS) is 14.8. The minimum Gasteiger partial charge on any atom is -0.384 e. The Morgan fingerprint density at radius 3 is 2.75 bits per heavy atom. The molecule has 0 saturated carbocycles. The Kier molecular flexibility index (Phi) is 3.70. The molecule has 1 unspecified atom stereocenters. The predicted molar refractivity (Wildman–Crippen MR) is 87.0 cm³/mol. The van der Waals surface area contributed by atoms with Crippen molar-refractivity contribution in [3.63, 3.8) is 0 Å². The maximum absolute atomic E-state index is 11.4. The van der Waals surface area contributed by atoms with Crippen LogP contribution in [0, 0.1) is 3.57 Å². The van der Waals surface area contributed by atoms with Gasteiger partial charge in [-0.2, -0.15) is 0 Å². The van der Waals surface area contributed by atoms with Crippen molar-refractivity contribution in [3.8, 4) is 0 Å². The van der Waals surface area contributed by atoms with E-state index in [0.717, 1.165) is 20.4 Å². The highest BCUT2D eigenvalue weighted by Gasteiger charge is 2.23. The molecule has 1 aliphatic rings. The average molecular weight is 400 g/mol. The van der Waals surface area contributed by atoms with E-state index in [0.29, 0.717) is 17.0 Å². The van der Waals surface area contributed by atoms with E-state index in [1.807, 2.05) is 30.3 Å². The van der Waals surface area contributed by atoms with Crippen LogP contribution in [0.3, 0.4) is 0 Å². The van der Waals surface area contributed by atoms with E-state index >= 15 is 0 Å². The van der Waals surface area contributed by atoms with Gasteiger partial charge in [0.25, 0.3) is 0 Å². The molecule has 0 aromatic heterocycles. The van der Waals surface area contributed by atoms with Crippen LogP contribution < -0.4 is 5.32 Å². The van der Waals surface area contributed by atoms with Crippen LogP contribution >= 0.6 is 34.2 Å². The molecule has 3 rings (SSSR count). The number of nitrogens with one attached hydrogen (secondary N) is 1. The van der Waals surface area contributed by atoms with Crippen molar-refractivity contribution >= 4 is 45.8 Å². The fraction of sp³-hybridized carbons (Fsp3) is 0.133. The Morgan fingerprint density at radius 2 is 2.00 bits per heavy atom. The first kappa shape index (κ1) is 13.9. The summed E-state index contributed by atoms with van der Waals surface area (Å²) in [5.41, 5.74) is 3.05. The molecule has 1 amide bonds. The van der Waals surface area contributed by atoms with Gasteiger partial charge in [0, 0.05) is 19.8 Å². The number of aliphatic hydroxyl groups is 1. The van der Waals surface area contributed by atoms with Gasteiger partial charge >= 0.3 is 0 Å². The van der Waals surface area contributed by atoms with Crippen molar-refractivity contribution in [2.24, 2.45) is 0 Å². The standard InChI is InChI=1S/C15H11ClINO2/c16-11-7-13-8(6-14(19)18-13)5-10(11)15(20)9-3-1-2-4-12(9)17/h1-5,7,15,20H,6H2,(H,18,19). The molecule has 1 aliphatic heterocycles. The Morgan fingerprint density at radius 1 is 1.25 bits per heavy atom. The number of halogens is 2. The summed E-state index contributed by atoms with van der Waals surface area (Å²) < 4.78 is 0.975. The fourth-order valence-electron chi connectivity index (χ4n) is 2.34. The fourth-order valence-corrected chi connectivity index (χ4v) is 3.29. The summed E-state index contributed by atoms with van der Waals surface area (Å²) in [5, 5.41) is 13.8. The number of hydrogen-bond acceptors (Lipinski definition) is 2. The molecule has 102 valence electrons. The summed E-state index contributed by atoms with van der Waals surface area (Å²) in [6, 6.07) is 11.1. The maximum atomic E-state index is 11.4. The van der Waals surface area contributed by atoms with Crippen LogP contribution in [0.5, 0.6) is 0 Å². The summed E-state index contributed by atoms with van der Waals surface area (Å²) in [6.45, 7) is 0. The largest absolute Gasteiger partial charge is 0.384 e. The number of rotatable bonds is 2. The van der Waals surface area contributed by atoms with Gasteiger partial charge < -0.3 is 10.4 Å². The lowest BCUT2D eigenvalue weighted by Gasteiger charge is -2.16. The third kappa shape index (κ3) is 2.43. The van der Waals surface area contributed by atoms with Gasteiger partial charge in [-0.1, -0.05) is 29.8 Å². The van der Waals surface area contributed by atoms with E-state index in [-0.39, 0.29) is 5.91 Å². The van der Waals surface area contributed by atoms with Crippen LogP contribution in [0.15, 0.2) is 36.4 Å². The molecule has 3 nitrogen and oxygen atoms in total. The summed E-state index contributed by atoms with van der Waals surface area (Å²) >= 11 is 8.42. The van der Waals surface area contributed by atoms with Crippen LogP contribution in [-0.2, 0) is 11.2 Å². The molecule has 0 saturated heterocycles. The van der Waals surface area contributed by atoms with Crippen molar-refractivity contribution in [1.29, 1.82) is 0 Å². The van der Waals surface area contributed by atoms with Crippen LogP contribution in [0.1, 0.15) is 22.8 Å². The van der Waals surface area contributed by atoms with Crippen LogP contribution in [0.2, 0.25) is 5.02 Å². The first-order chi connectivity index (χ1) is 9.56. The molecule has 1 heterocycles. The van der Waals surface area contributed by atoms with Crippen molar-refractivity contribution < 1.29 is 9.90 Å². The molecular weight excluding hydrogens is 389 g/mol. The highest BCUT2D eigenvalue weighted by molar-refractivity contribution is 14.1. The molecular formula is C15H11ClINO2. The number of fused-ring (bicyclic) bond motifs is 1. The third-order valence-corrected chi connectivity index (χ3v) is 4.65. The van der Waals surface area contributed by atoms with Gasteiger partial charge in [-0.15, -0.1) is 0 Å². The number of carbonyl (C=O) groups excluding carboxylic acids is 1. The van der Waals surface area contributed by atoms with Gasteiger partial charge in [0.2, 0.25) is 5.91 Å². The Balaban J connectivity index is 2.05. The quantitative estimate of drug-likeness (QED) is 0.759. The molecule has 0 aliphatic carbocycles. The Labute approximate surface area is 135 Å². The smallest absolute Gasteiger partial charge is 0.228 e. The zero-order valence-electron chi connectivity index (χ0n) is 10.4. The summed E-state index contributed by atoms with van der Waals surface area (Å²) in [6.07, 6.45) is -0.463. The van der Waals surface area contributed by atoms with Crippen molar-refractivity contribution in [2.45, 2.75) is 12.5 Å². The topological polar surface area (TPSA) is 49.3 Å². The number of benzene rings is 2. The monoisotopic (exact) mass is 399 g/mol. The minimum absolute atomic E-state index is 0.0444. The summed E-state index contributed by atoms with van der Waals surface area (Å²) in [4.78, 5) is 11.4. The van der Waals surface area contributed by atoms with E-state index in [9.17, 15) is 9.90 Å². The molecule has 20 heavy (non-hydrogen) atoms. The number of carbonyl (C=O) groups is 1. The lowest BCUT2D eigenvalue weighted by atomic mass is 9.98. The zero-order valence-corrected chi connectivity index (χ0v) is 13.3. The Bertz CT molecular complexity index is 702. The molecule has 0 fully saturated rings. The van der Waals surface area contributed by atoms with Gasteiger partial charge in [-0.3, -0.25) is 4.79 Å². The van der Waals surface area contributed by atoms with Crippen LogP contribution in [0.4, 0.5) is 5.69 Å². The number of aliphatic hydroxyl groups excluding tert-OH is 1. The van der Waals surface area contributed by atoms with Crippen LogP contribution in [-0.4, -0.2) is 11.0 Å². The lowest BCUT2D eigenvalue weighted by molar-refractivity contribution is -0.115. The number of anilines is 1. The van der Waals surface area contributed by atoms with Gasteiger partial charge in [0.1, 0.15) is 6.10 Å². The van der Waals surface area contributed by atoms with E-state index < -0.39 is 6.10 Å². The van der Waals surface area contributed by atoms with E-state index in [1.165, 1.54) is 0 Å². The van der Waals surface area contributed by atoms with Crippen molar-refractivity contribution in [1.82, 2.24) is 0 Å². The number of amides is 1. The third-order valence-electron chi connectivity index (χ3n) is 3.34. The second-order valence-electron chi connectivity index (χ2n) is 4.68. The first-order valence-electron chi connectivity index (χ1n) is 6.11. The van der Waals surface area contributed by atoms with Crippen LogP contribution in [0.25, 0.3) is 0 Å². The average Bonchev–Trinajstić information content (AvgIpc) is 2.76. The number of hydrogen-bond donors (Lipinski definition) is 2. The van der Waals surface area contributed by atoms with Gasteiger partial charge in [0.05, 0.1) is 6.42 Å². The molecule has 0 spiro atoms. The lowest BCUT2D eigenvalue weighted by Crippen LogP contribution is -2.03. The molecule has 5 heteroatoms. The molecule has 2 aromatic rings. The zero-order chi connectivity index (χ0) is 14.3. The van der Waals surface area contributed by atoms with Gasteiger partial charge in [-0.25, -0.2) is 0 Å². The molecule has 1 atom stereocenters. The van der Waals surface area contributed by atoms with Crippen molar-refractivity contribution in [2.75, 3.05) is 5.32 Å². The second-order valence-corrected chi connectivity index (χ2v) is 6.25. The maximum Gasteiger partial charge on any atom is 0.228 e. The molecule has 0 bridgehead atoms. The highest BCUT2D eigenvalue weighted by atomic mass is 127. The van der Waals surface area contributed by atoms with E-state index in [2.05, 4.69) is 27.9 Å². The van der Waals surface area contributed by atoms with Crippen molar-refractivity contribution in [3.05, 3.63) is 61.7 Å². The molecule has 2 N–H and O–H groups in total. The minimum atomic E-state index is -0.795. The summed E-state index contributed by atoms with van der Waals surface area (Å²) in [5.74, 6) is -0.0444. The van der Waals surface area contributed by atoms with Gasteiger partial charge in [0.15, 0.2) is 0 Å². The summed E-state index contributed by atoms with van der Waals surface area (Å²) in [7, 11) is 0. The first-order valence-corrected chi connectivity index (χ1v) is 7.56. The van der Waals surface area contributed by atoms with E-state index in [4.69, 9.17) is 11.6 Å². The Hall–Kier alpha value is -1.11. The van der Waals surface area contributed by atoms with Gasteiger partial charge in [-0.05, 0) is 51.9 Å². The highest BCUT2D eigenvalue weighted by Crippen LogP contribution is 2.36. The predicted octanol–water partition coefficient (Wildman–Crippen LogP) is 3.52. The van der Waals surface area contributed by atoms with E-state index in [1.54, 1.807) is 6.07 Å². The molecule has 2 aromatic carbocycles. The SMILES string of the molecule is O=C1Cc2cc(C(O)c3ccccc3I)c(Cl)cc2N1. The second kappa shape index (κ2) is 5.35.